The van der Waals surface area contributed by atoms with E-state index < -0.39 is 0 Å². The molecule has 3 rings (SSSR count). The number of benzene rings is 1. The van der Waals surface area contributed by atoms with Crippen LogP contribution in [0.15, 0.2) is 18.2 Å². The summed E-state index contributed by atoms with van der Waals surface area (Å²) in [6.45, 7) is 1.95. The number of carbonyl (C=O) groups excluding carboxylic acids is 1. The van der Waals surface area contributed by atoms with Crippen molar-refractivity contribution in [3.63, 3.8) is 0 Å². The van der Waals surface area contributed by atoms with Gasteiger partial charge in [0, 0.05) is 24.7 Å². The van der Waals surface area contributed by atoms with Gasteiger partial charge in [0.15, 0.2) is 0 Å². The van der Waals surface area contributed by atoms with Gasteiger partial charge >= 0.3 is 0 Å². The molecule has 19 heavy (non-hydrogen) atoms. The van der Waals surface area contributed by atoms with Crippen LogP contribution in [0.1, 0.15) is 17.7 Å². The first-order chi connectivity index (χ1) is 9.06. The first-order valence-corrected chi connectivity index (χ1v) is 6.28. The van der Waals surface area contributed by atoms with Crippen LogP contribution in [-0.4, -0.2) is 15.7 Å². The third kappa shape index (κ3) is 1.87. The number of rotatable bonds is 1. The molecule has 0 aliphatic carbocycles. The molecule has 0 atom stereocenters. The van der Waals surface area contributed by atoms with Gasteiger partial charge in [-0.1, -0.05) is 6.07 Å². The third-order valence-electron chi connectivity index (χ3n) is 3.56. The molecule has 1 aromatic heterocycles. The summed E-state index contributed by atoms with van der Waals surface area (Å²) in [5.41, 5.74) is 11.1. The molecule has 0 saturated heterocycles. The van der Waals surface area contributed by atoms with E-state index in [1.807, 2.05) is 26.1 Å². The maximum atomic E-state index is 11.3. The molecule has 5 heteroatoms. The predicted molar refractivity (Wildman–Crippen MR) is 74.7 cm³/mol. The van der Waals surface area contributed by atoms with E-state index in [0.29, 0.717) is 12.2 Å². The average Bonchev–Trinajstić information content (AvgIpc) is 2.63. The Balaban J connectivity index is 2.10. The van der Waals surface area contributed by atoms with Crippen molar-refractivity contribution in [2.75, 3.05) is 11.1 Å². The number of hydrogen-bond acceptors (Lipinski definition) is 3. The monoisotopic (exact) mass is 256 g/mol. The summed E-state index contributed by atoms with van der Waals surface area (Å²) in [6.07, 6.45) is 1.31. The van der Waals surface area contributed by atoms with Crippen LogP contribution in [0.5, 0.6) is 0 Å². The molecule has 0 bridgehead atoms. The number of nitrogens with zero attached hydrogens (tertiary/aromatic N) is 2. The van der Waals surface area contributed by atoms with Crippen LogP contribution in [0.4, 0.5) is 11.5 Å². The molecular weight excluding hydrogens is 240 g/mol. The number of anilines is 2. The van der Waals surface area contributed by atoms with Crippen LogP contribution in [0, 0.1) is 6.92 Å². The zero-order chi connectivity index (χ0) is 13.6. The van der Waals surface area contributed by atoms with Gasteiger partial charge in [0.1, 0.15) is 5.82 Å². The number of aryl methyl sites for hydroxylation is 3. The number of nitrogens with one attached hydrogen (secondary N) is 1. The normalized spacial score (nSPS) is 14.1. The van der Waals surface area contributed by atoms with E-state index >= 15 is 0 Å². The van der Waals surface area contributed by atoms with E-state index in [0.717, 1.165) is 34.5 Å². The second-order valence-corrected chi connectivity index (χ2v) is 4.89. The Labute approximate surface area is 111 Å². The van der Waals surface area contributed by atoms with Crippen molar-refractivity contribution >= 4 is 17.4 Å². The van der Waals surface area contributed by atoms with E-state index in [1.165, 1.54) is 0 Å². The number of nitrogens with two attached hydrogens (primary N) is 1. The second kappa shape index (κ2) is 4.12. The van der Waals surface area contributed by atoms with E-state index in [4.69, 9.17) is 5.73 Å². The van der Waals surface area contributed by atoms with Crippen LogP contribution >= 0.6 is 0 Å². The number of nitrogen functional groups attached to an aromatic ring is 1. The smallest absolute Gasteiger partial charge is 0.224 e. The largest absolute Gasteiger partial charge is 0.383 e. The fourth-order valence-corrected chi connectivity index (χ4v) is 2.57. The molecule has 2 heterocycles. The minimum Gasteiger partial charge on any atom is -0.383 e. The molecule has 0 radical (unpaired) electrons. The number of carbonyl (C=O) groups is 1. The molecule has 5 nitrogen and oxygen atoms in total. The second-order valence-electron chi connectivity index (χ2n) is 4.89. The quantitative estimate of drug-likeness (QED) is 0.818. The van der Waals surface area contributed by atoms with E-state index in [2.05, 4.69) is 16.5 Å². The highest BCUT2D eigenvalue weighted by atomic mass is 16.1. The highest BCUT2D eigenvalue weighted by Gasteiger charge is 2.18. The lowest BCUT2D eigenvalue weighted by Crippen LogP contribution is -2.18. The Kier molecular flexibility index (Phi) is 2.55. The zero-order valence-corrected chi connectivity index (χ0v) is 11.0. The van der Waals surface area contributed by atoms with Crippen molar-refractivity contribution in [1.29, 1.82) is 0 Å². The van der Waals surface area contributed by atoms with Gasteiger partial charge in [0.2, 0.25) is 5.91 Å². The van der Waals surface area contributed by atoms with Gasteiger partial charge < -0.3 is 11.1 Å². The number of aromatic nitrogens is 2. The van der Waals surface area contributed by atoms with Crippen molar-refractivity contribution in [3.05, 3.63) is 29.5 Å². The van der Waals surface area contributed by atoms with Crippen molar-refractivity contribution in [1.82, 2.24) is 9.78 Å². The highest BCUT2D eigenvalue weighted by Crippen LogP contribution is 2.33. The molecule has 1 aromatic carbocycles. The maximum absolute atomic E-state index is 11.3. The predicted octanol–water partition coefficient (Wildman–Crippen LogP) is 1.86. The Morgan fingerprint density at radius 3 is 2.84 bits per heavy atom. The average molecular weight is 256 g/mol. The summed E-state index contributed by atoms with van der Waals surface area (Å²) in [6, 6.07) is 6.01. The first kappa shape index (κ1) is 11.8. The lowest BCUT2D eigenvalue weighted by Gasteiger charge is -2.17. The molecular formula is C14H16N4O. The summed E-state index contributed by atoms with van der Waals surface area (Å²) in [5, 5.41) is 7.22. The molecule has 0 unspecified atom stereocenters. The van der Waals surface area contributed by atoms with Crippen molar-refractivity contribution in [3.8, 4) is 11.1 Å². The van der Waals surface area contributed by atoms with Crippen LogP contribution in [-0.2, 0) is 18.3 Å². The molecule has 3 N–H and O–H groups in total. The molecule has 1 aliphatic rings. The topological polar surface area (TPSA) is 72.9 Å². The Hall–Kier alpha value is -2.30. The van der Waals surface area contributed by atoms with Gasteiger partial charge in [-0.2, -0.15) is 5.10 Å². The summed E-state index contributed by atoms with van der Waals surface area (Å²) < 4.78 is 1.69. The minimum absolute atomic E-state index is 0.0809. The lowest BCUT2D eigenvalue weighted by molar-refractivity contribution is -0.116. The first-order valence-electron chi connectivity index (χ1n) is 6.28. The molecule has 1 amide bonds. The number of hydrogen-bond donors (Lipinski definition) is 2. The van der Waals surface area contributed by atoms with Gasteiger partial charge in [-0.25, -0.2) is 0 Å². The van der Waals surface area contributed by atoms with Crippen molar-refractivity contribution in [2.45, 2.75) is 19.8 Å². The number of amides is 1. The Morgan fingerprint density at radius 2 is 2.16 bits per heavy atom. The van der Waals surface area contributed by atoms with E-state index in [1.54, 1.807) is 4.68 Å². The van der Waals surface area contributed by atoms with Gasteiger partial charge in [0.25, 0.3) is 0 Å². The van der Waals surface area contributed by atoms with Crippen LogP contribution in [0.3, 0.4) is 0 Å². The standard InChI is InChI=1S/C14H16N4O/c1-8-13(14(15)18(2)17-8)10-3-5-11-9(7-10)4-6-12(19)16-11/h3,5,7H,4,6,15H2,1-2H3,(H,16,19). The molecule has 98 valence electrons. The van der Waals surface area contributed by atoms with E-state index in [-0.39, 0.29) is 5.91 Å². The number of fused-ring (bicyclic) bond motifs is 1. The van der Waals surface area contributed by atoms with Crippen molar-refractivity contribution < 1.29 is 4.79 Å². The van der Waals surface area contributed by atoms with Gasteiger partial charge in [0.05, 0.1) is 5.69 Å². The molecule has 1 aliphatic heterocycles. The van der Waals surface area contributed by atoms with Crippen LogP contribution in [0.25, 0.3) is 11.1 Å². The summed E-state index contributed by atoms with van der Waals surface area (Å²) >= 11 is 0. The Bertz CT molecular complexity index is 672. The fourth-order valence-electron chi connectivity index (χ4n) is 2.57. The lowest BCUT2D eigenvalue weighted by atomic mass is 9.97. The molecule has 0 saturated carbocycles. The third-order valence-corrected chi connectivity index (χ3v) is 3.56. The van der Waals surface area contributed by atoms with Gasteiger partial charge in [-0.05, 0) is 36.6 Å². The minimum atomic E-state index is 0.0809. The maximum Gasteiger partial charge on any atom is 0.224 e. The van der Waals surface area contributed by atoms with Crippen LogP contribution in [0.2, 0.25) is 0 Å². The van der Waals surface area contributed by atoms with Gasteiger partial charge in [-0.3, -0.25) is 9.48 Å². The van der Waals surface area contributed by atoms with Crippen LogP contribution < -0.4 is 11.1 Å². The van der Waals surface area contributed by atoms with Gasteiger partial charge in [-0.15, -0.1) is 0 Å². The molecule has 2 aromatic rings. The summed E-state index contributed by atoms with van der Waals surface area (Å²) in [7, 11) is 1.84. The SMILES string of the molecule is Cc1nn(C)c(N)c1-c1ccc2c(c1)CCC(=O)N2. The van der Waals surface area contributed by atoms with E-state index in [9.17, 15) is 4.79 Å². The zero-order valence-electron chi connectivity index (χ0n) is 11.0. The summed E-state index contributed by atoms with van der Waals surface area (Å²) in [5.74, 6) is 0.745. The molecule has 0 fully saturated rings. The van der Waals surface area contributed by atoms with Crippen molar-refractivity contribution in [2.24, 2.45) is 7.05 Å². The fraction of sp³-hybridized carbons (Fsp3) is 0.286. The molecule has 0 spiro atoms. The highest BCUT2D eigenvalue weighted by molar-refractivity contribution is 5.94. The summed E-state index contributed by atoms with van der Waals surface area (Å²) in [4.78, 5) is 11.3. The Morgan fingerprint density at radius 1 is 1.37 bits per heavy atom.